The first-order chi connectivity index (χ1) is 9.31. The van der Waals surface area contributed by atoms with Crippen LogP contribution in [-0.2, 0) is 0 Å². The summed E-state index contributed by atoms with van der Waals surface area (Å²) in [6, 6.07) is 0.810. The van der Waals surface area contributed by atoms with Gasteiger partial charge in [0.2, 0.25) is 0 Å². The Morgan fingerprint density at radius 1 is 0.895 bits per heavy atom. The zero-order valence-electron chi connectivity index (χ0n) is 13.7. The Bertz CT molecular complexity index is 194. The van der Waals surface area contributed by atoms with E-state index in [0.717, 1.165) is 24.4 Å². The third kappa shape index (κ3) is 6.79. The molecule has 1 heteroatoms. The average Bonchev–Trinajstić information content (AvgIpc) is 2.46. The molecule has 1 atom stereocenters. The first-order valence-electron chi connectivity index (χ1n) is 9.05. The van der Waals surface area contributed by atoms with Crippen molar-refractivity contribution in [3.05, 3.63) is 0 Å². The topological polar surface area (TPSA) is 12.0 Å². The van der Waals surface area contributed by atoms with Crippen LogP contribution in [0.4, 0.5) is 0 Å². The molecule has 1 nitrogen and oxygen atoms in total. The molecule has 0 spiro atoms. The fourth-order valence-corrected chi connectivity index (χ4v) is 3.73. The molecule has 0 aromatic rings. The summed E-state index contributed by atoms with van der Waals surface area (Å²) in [6.07, 6.45) is 15.8. The monoisotopic (exact) mass is 267 g/mol. The normalized spacial score (nSPS) is 25.4. The quantitative estimate of drug-likeness (QED) is 0.512. The standard InChI is InChI=1S/C18H37N/c1-4-7-8-9-10-11-18(19-6-3)17-14-12-16(5-2)13-15-17/h16-19H,4-15H2,1-3H3. The molecule has 1 saturated carbocycles. The van der Waals surface area contributed by atoms with Gasteiger partial charge in [0.15, 0.2) is 0 Å². The summed E-state index contributed by atoms with van der Waals surface area (Å²) in [6.45, 7) is 8.07. The highest BCUT2D eigenvalue weighted by molar-refractivity contribution is 4.81. The van der Waals surface area contributed by atoms with Crippen molar-refractivity contribution in [3.63, 3.8) is 0 Å². The minimum Gasteiger partial charge on any atom is -0.314 e. The van der Waals surface area contributed by atoms with Crippen LogP contribution in [0.2, 0.25) is 0 Å². The van der Waals surface area contributed by atoms with Crippen molar-refractivity contribution >= 4 is 0 Å². The van der Waals surface area contributed by atoms with Crippen LogP contribution in [-0.4, -0.2) is 12.6 Å². The van der Waals surface area contributed by atoms with Crippen LogP contribution < -0.4 is 5.32 Å². The Balaban J connectivity index is 2.23. The van der Waals surface area contributed by atoms with Crippen molar-refractivity contribution in [1.29, 1.82) is 0 Å². The molecule has 19 heavy (non-hydrogen) atoms. The van der Waals surface area contributed by atoms with Crippen molar-refractivity contribution in [2.45, 2.75) is 97.4 Å². The van der Waals surface area contributed by atoms with Crippen LogP contribution in [0.3, 0.4) is 0 Å². The second-order valence-electron chi connectivity index (χ2n) is 6.56. The Morgan fingerprint density at radius 2 is 1.58 bits per heavy atom. The molecule has 1 aliphatic carbocycles. The number of hydrogen-bond acceptors (Lipinski definition) is 1. The molecular formula is C18H37N. The summed E-state index contributed by atoms with van der Waals surface area (Å²) in [4.78, 5) is 0. The third-order valence-corrected chi connectivity index (χ3v) is 5.12. The van der Waals surface area contributed by atoms with Crippen molar-refractivity contribution in [3.8, 4) is 0 Å². The molecule has 1 unspecified atom stereocenters. The second kappa shape index (κ2) is 10.7. The fraction of sp³-hybridized carbons (Fsp3) is 1.00. The minimum atomic E-state index is 0.810. The van der Waals surface area contributed by atoms with Gasteiger partial charge < -0.3 is 5.32 Å². The molecule has 0 amide bonds. The Morgan fingerprint density at radius 3 is 2.16 bits per heavy atom. The second-order valence-corrected chi connectivity index (χ2v) is 6.56. The zero-order valence-corrected chi connectivity index (χ0v) is 13.7. The molecular weight excluding hydrogens is 230 g/mol. The van der Waals surface area contributed by atoms with Gasteiger partial charge in [0.1, 0.15) is 0 Å². The number of rotatable bonds is 10. The van der Waals surface area contributed by atoms with E-state index in [0.29, 0.717) is 0 Å². The first kappa shape index (κ1) is 17.0. The van der Waals surface area contributed by atoms with E-state index in [-0.39, 0.29) is 0 Å². The molecule has 1 aliphatic rings. The molecule has 0 aliphatic heterocycles. The maximum atomic E-state index is 3.78. The zero-order chi connectivity index (χ0) is 13.9. The SMILES string of the molecule is CCCCCCCC(NCC)C1CCC(CC)CC1. The van der Waals surface area contributed by atoms with Gasteiger partial charge in [-0.3, -0.25) is 0 Å². The molecule has 0 aromatic heterocycles. The number of nitrogens with one attached hydrogen (secondary N) is 1. The Kier molecular flexibility index (Phi) is 9.59. The fourth-order valence-electron chi connectivity index (χ4n) is 3.73. The molecule has 0 bridgehead atoms. The van der Waals surface area contributed by atoms with Crippen LogP contribution in [0.25, 0.3) is 0 Å². The predicted molar refractivity (Wildman–Crippen MR) is 86.6 cm³/mol. The van der Waals surface area contributed by atoms with Gasteiger partial charge in [-0.1, -0.05) is 72.1 Å². The summed E-state index contributed by atoms with van der Waals surface area (Å²) < 4.78 is 0. The average molecular weight is 268 g/mol. The van der Waals surface area contributed by atoms with E-state index in [1.165, 1.54) is 70.6 Å². The lowest BCUT2D eigenvalue weighted by molar-refractivity contribution is 0.210. The highest BCUT2D eigenvalue weighted by Crippen LogP contribution is 2.33. The lowest BCUT2D eigenvalue weighted by Gasteiger charge is -2.34. The highest BCUT2D eigenvalue weighted by atomic mass is 14.9. The molecule has 114 valence electrons. The Hall–Kier alpha value is -0.0400. The van der Waals surface area contributed by atoms with Gasteiger partial charge in [-0.25, -0.2) is 0 Å². The van der Waals surface area contributed by atoms with E-state index in [9.17, 15) is 0 Å². The van der Waals surface area contributed by atoms with Gasteiger partial charge in [-0.15, -0.1) is 0 Å². The maximum Gasteiger partial charge on any atom is 0.00952 e. The summed E-state index contributed by atoms with van der Waals surface area (Å²) in [5, 5.41) is 3.78. The summed E-state index contributed by atoms with van der Waals surface area (Å²) in [7, 11) is 0. The van der Waals surface area contributed by atoms with Crippen LogP contribution >= 0.6 is 0 Å². The first-order valence-corrected chi connectivity index (χ1v) is 9.05. The van der Waals surface area contributed by atoms with E-state index >= 15 is 0 Å². The number of hydrogen-bond donors (Lipinski definition) is 1. The van der Waals surface area contributed by atoms with Gasteiger partial charge >= 0.3 is 0 Å². The maximum absolute atomic E-state index is 3.78. The summed E-state index contributed by atoms with van der Waals surface area (Å²) in [5.41, 5.74) is 0. The van der Waals surface area contributed by atoms with Gasteiger partial charge in [-0.2, -0.15) is 0 Å². The van der Waals surface area contributed by atoms with E-state index in [4.69, 9.17) is 0 Å². The van der Waals surface area contributed by atoms with Crippen molar-refractivity contribution in [2.24, 2.45) is 11.8 Å². The van der Waals surface area contributed by atoms with Crippen LogP contribution in [0.1, 0.15) is 91.4 Å². The van der Waals surface area contributed by atoms with Gasteiger partial charge in [-0.05, 0) is 37.6 Å². The largest absolute Gasteiger partial charge is 0.314 e. The van der Waals surface area contributed by atoms with Gasteiger partial charge in [0, 0.05) is 6.04 Å². The highest BCUT2D eigenvalue weighted by Gasteiger charge is 2.25. The lowest BCUT2D eigenvalue weighted by Crippen LogP contribution is -2.38. The summed E-state index contributed by atoms with van der Waals surface area (Å²) in [5.74, 6) is 2.00. The van der Waals surface area contributed by atoms with E-state index in [1.54, 1.807) is 0 Å². The van der Waals surface area contributed by atoms with Crippen LogP contribution in [0, 0.1) is 11.8 Å². The smallest absolute Gasteiger partial charge is 0.00952 e. The summed E-state index contributed by atoms with van der Waals surface area (Å²) >= 11 is 0. The Labute approximate surface area is 121 Å². The minimum absolute atomic E-state index is 0.810. The van der Waals surface area contributed by atoms with Crippen molar-refractivity contribution < 1.29 is 0 Å². The van der Waals surface area contributed by atoms with Crippen LogP contribution in [0.5, 0.6) is 0 Å². The predicted octanol–water partition coefficient (Wildman–Crippen LogP) is 5.54. The molecule has 0 radical (unpaired) electrons. The van der Waals surface area contributed by atoms with Crippen molar-refractivity contribution in [1.82, 2.24) is 5.32 Å². The van der Waals surface area contributed by atoms with Gasteiger partial charge in [0.05, 0.1) is 0 Å². The lowest BCUT2D eigenvalue weighted by atomic mass is 9.76. The van der Waals surface area contributed by atoms with E-state index in [2.05, 4.69) is 26.1 Å². The van der Waals surface area contributed by atoms with Gasteiger partial charge in [0.25, 0.3) is 0 Å². The van der Waals surface area contributed by atoms with E-state index in [1.807, 2.05) is 0 Å². The molecule has 0 saturated heterocycles. The molecule has 1 rings (SSSR count). The number of unbranched alkanes of at least 4 members (excludes halogenated alkanes) is 4. The molecule has 1 N–H and O–H groups in total. The molecule has 0 heterocycles. The van der Waals surface area contributed by atoms with E-state index < -0.39 is 0 Å². The molecule has 0 aromatic carbocycles. The van der Waals surface area contributed by atoms with Crippen molar-refractivity contribution in [2.75, 3.05) is 6.54 Å². The molecule has 1 fully saturated rings. The van der Waals surface area contributed by atoms with Crippen LogP contribution in [0.15, 0.2) is 0 Å². The third-order valence-electron chi connectivity index (χ3n) is 5.12.